The molecule has 1 heterocycles. The number of nitrogens with two attached hydrogens (primary N) is 1. The van der Waals surface area contributed by atoms with Gasteiger partial charge in [-0.25, -0.2) is 4.98 Å². The van der Waals surface area contributed by atoms with Crippen molar-refractivity contribution in [2.75, 3.05) is 11.9 Å². The maximum Gasteiger partial charge on any atom is 0.231 e. The van der Waals surface area contributed by atoms with Crippen molar-refractivity contribution in [3.63, 3.8) is 0 Å². The van der Waals surface area contributed by atoms with Gasteiger partial charge >= 0.3 is 0 Å². The van der Waals surface area contributed by atoms with E-state index in [0.717, 1.165) is 24.8 Å². The minimum absolute atomic E-state index is 0.0784. The van der Waals surface area contributed by atoms with Gasteiger partial charge in [0.05, 0.1) is 11.1 Å². The van der Waals surface area contributed by atoms with Gasteiger partial charge in [-0.15, -0.1) is 0 Å². The lowest BCUT2D eigenvalue weighted by Crippen LogP contribution is -2.47. The lowest BCUT2D eigenvalue weighted by Gasteiger charge is -2.39. The van der Waals surface area contributed by atoms with Gasteiger partial charge in [0.1, 0.15) is 5.15 Å². The molecule has 0 radical (unpaired) electrons. The van der Waals surface area contributed by atoms with Crippen molar-refractivity contribution in [1.82, 2.24) is 4.98 Å². The quantitative estimate of drug-likeness (QED) is 0.840. The Morgan fingerprint density at radius 1 is 1.56 bits per heavy atom. The molecule has 1 saturated carbocycles. The number of halogens is 2. The summed E-state index contributed by atoms with van der Waals surface area (Å²) in [6, 6.07) is 1.67. The smallest absolute Gasteiger partial charge is 0.231 e. The van der Waals surface area contributed by atoms with Crippen molar-refractivity contribution in [3.05, 3.63) is 21.9 Å². The topological polar surface area (TPSA) is 68.0 Å². The number of aromatic nitrogens is 1. The number of amides is 1. The fourth-order valence-electron chi connectivity index (χ4n) is 2.12. The Bertz CT molecular complexity index is 458. The zero-order valence-corrected chi connectivity index (χ0v) is 11.6. The third-order valence-electron chi connectivity index (χ3n) is 3.56. The first-order chi connectivity index (χ1) is 8.48. The fourth-order valence-corrected chi connectivity index (χ4v) is 2.70. The highest BCUT2D eigenvalue weighted by Crippen LogP contribution is 2.41. The molecule has 1 aromatic rings. The van der Waals surface area contributed by atoms with Crippen LogP contribution in [-0.4, -0.2) is 17.4 Å². The standard InChI is InChI=1S/C12H15Cl2N3O/c1-7-5-8(13)16-10(14)9(7)17-11(18)12(6-15)3-2-4-12/h5H,2-4,6,15H2,1H3,(H,17,18). The molecule has 0 bridgehead atoms. The molecular weight excluding hydrogens is 273 g/mol. The van der Waals surface area contributed by atoms with Crippen LogP contribution in [0.4, 0.5) is 5.69 Å². The molecule has 0 aromatic carbocycles. The summed E-state index contributed by atoms with van der Waals surface area (Å²) in [5, 5.41) is 3.35. The Balaban J connectivity index is 2.22. The monoisotopic (exact) mass is 287 g/mol. The number of nitrogens with one attached hydrogen (secondary N) is 1. The summed E-state index contributed by atoms with van der Waals surface area (Å²) in [5.74, 6) is -0.0784. The first-order valence-electron chi connectivity index (χ1n) is 5.83. The molecule has 98 valence electrons. The summed E-state index contributed by atoms with van der Waals surface area (Å²) >= 11 is 11.8. The molecule has 4 nitrogen and oxygen atoms in total. The van der Waals surface area contributed by atoms with Crippen LogP contribution in [0.25, 0.3) is 0 Å². The molecule has 0 aliphatic heterocycles. The van der Waals surface area contributed by atoms with Crippen LogP contribution in [0.5, 0.6) is 0 Å². The zero-order valence-electron chi connectivity index (χ0n) is 10.1. The molecular formula is C12H15Cl2N3O. The number of pyridine rings is 1. The summed E-state index contributed by atoms with van der Waals surface area (Å²) in [5.41, 5.74) is 6.57. The molecule has 1 fully saturated rings. The first-order valence-corrected chi connectivity index (χ1v) is 6.58. The normalized spacial score (nSPS) is 17.1. The van der Waals surface area contributed by atoms with Crippen molar-refractivity contribution >= 4 is 34.8 Å². The van der Waals surface area contributed by atoms with Gasteiger partial charge in [-0.05, 0) is 31.4 Å². The third-order valence-corrected chi connectivity index (χ3v) is 4.03. The predicted molar refractivity (Wildman–Crippen MR) is 73.0 cm³/mol. The van der Waals surface area contributed by atoms with E-state index in [2.05, 4.69) is 10.3 Å². The second-order valence-electron chi connectivity index (χ2n) is 4.72. The van der Waals surface area contributed by atoms with Crippen LogP contribution in [0, 0.1) is 12.3 Å². The van der Waals surface area contributed by atoms with E-state index in [1.54, 1.807) is 6.07 Å². The highest BCUT2D eigenvalue weighted by Gasteiger charge is 2.43. The van der Waals surface area contributed by atoms with Crippen molar-refractivity contribution in [2.45, 2.75) is 26.2 Å². The summed E-state index contributed by atoms with van der Waals surface area (Å²) < 4.78 is 0. The Labute approximate surface area is 116 Å². The molecule has 1 aliphatic rings. The number of hydrogen-bond acceptors (Lipinski definition) is 3. The van der Waals surface area contributed by atoms with E-state index in [9.17, 15) is 4.79 Å². The van der Waals surface area contributed by atoms with Crippen molar-refractivity contribution in [2.24, 2.45) is 11.1 Å². The number of hydrogen-bond donors (Lipinski definition) is 2. The van der Waals surface area contributed by atoms with E-state index in [1.165, 1.54) is 0 Å². The summed E-state index contributed by atoms with van der Waals surface area (Å²) in [4.78, 5) is 16.2. The Morgan fingerprint density at radius 3 is 2.67 bits per heavy atom. The Hall–Kier alpha value is -0.840. The zero-order chi connectivity index (χ0) is 13.3. The number of rotatable bonds is 3. The van der Waals surface area contributed by atoms with Crippen LogP contribution in [0.2, 0.25) is 10.3 Å². The predicted octanol–water partition coefficient (Wildman–Crippen LogP) is 2.76. The molecule has 1 aromatic heterocycles. The minimum Gasteiger partial charge on any atom is -0.329 e. The molecule has 0 unspecified atom stereocenters. The number of anilines is 1. The molecule has 2 rings (SSSR count). The second kappa shape index (κ2) is 5.03. The molecule has 6 heteroatoms. The van der Waals surface area contributed by atoms with Crippen LogP contribution >= 0.6 is 23.2 Å². The molecule has 3 N–H and O–H groups in total. The second-order valence-corrected chi connectivity index (χ2v) is 5.47. The van der Waals surface area contributed by atoms with Crippen molar-refractivity contribution in [1.29, 1.82) is 0 Å². The maximum absolute atomic E-state index is 12.2. The van der Waals surface area contributed by atoms with Gasteiger partial charge < -0.3 is 11.1 Å². The maximum atomic E-state index is 12.2. The van der Waals surface area contributed by atoms with Crippen LogP contribution in [0.15, 0.2) is 6.07 Å². The van der Waals surface area contributed by atoms with Crippen molar-refractivity contribution < 1.29 is 4.79 Å². The number of nitrogens with zero attached hydrogens (tertiary/aromatic N) is 1. The summed E-state index contributed by atoms with van der Waals surface area (Å²) in [6.45, 7) is 2.18. The summed E-state index contributed by atoms with van der Waals surface area (Å²) in [6.07, 6.45) is 2.69. The lowest BCUT2D eigenvalue weighted by atomic mass is 9.68. The highest BCUT2D eigenvalue weighted by atomic mass is 35.5. The average molecular weight is 288 g/mol. The van der Waals surface area contributed by atoms with Gasteiger partial charge in [0.25, 0.3) is 0 Å². The number of carbonyl (C=O) groups is 1. The number of aryl methyl sites for hydroxylation is 1. The Kier molecular flexibility index (Phi) is 3.80. The Morgan fingerprint density at radius 2 is 2.22 bits per heavy atom. The van der Waals surface area contributed by atoms with E-state index in [1.807, 2.05) is 6.92 Å². The minimum atomic E-state index is -0.435. The molecule has 18 heavy (non-hydrogen) atoms. The van der Waals surface area contributed by atoms with Gasteiger partial charge in [0, 0.05) is 6.54 Å². The van der Waals surface area contributed by atoms with E-state index in [4.69, 9.17) is 28.9 Å². The molecule has 0 saturated heterocycles. The summed E-state index contributed by atoms with van der Waals surface area (Å²) in [7, 11) is 0. The van der Waals surface area contributed by atoms with Gasteiger partial charge in [-0.1, -0.05) is 29.6 Å². The highest BCUT2D eigenvalue weighted by molar-refractivity contribution is 6.34. The van der Waals surface area contributed by atoms with Crippen LogP contribution < -0.4 is 11.1 Å². The van der Waals surface area contributed by atoms with Crippen LogP contribution in [0.3, 0.4) is 0 Å². The fraction of sp³-hybridized carbons (Fsp3) is 0.500. The van der Waals surface area contributed by atoms with E-state index < -0.39 is 5.41 Å². The van der Waals surface area contributed by atoms with Crippen LogP contribution in [-0.2, 0) is 4.79 Å². The number of carbonyl (C=O) groups excluding carboxylic acids is 1. The largest absolute Gasteiger partial charge is 0.329 e. The molecule has 0 atom stereocenters. The SMILES string of the molecule is Cc1cc(Cl)nc(Cl)c1NC(=O)C1(CN)CCC1. The van der Waals surface area contributed by atoms with Gasteiger partial charge in [0.15, 0.2) is 5.15 Å². The van der Waals surface area contributed by atoms with E-state index >= 15 is 0 Å². The lowest BCUT2D eigenvalue weighted by molar-refractivity contribution is -0.129. The molecule has 1 aliphatic carbocycles. The molecule has 0 spiro atoms. The molecule has 1 amide bonds. The van der Waals surface area contributed by atoms with E-state index in [-0.39, 0.29) is 11.1 Å². The van der Waals surface area contributed by atoms with Gasteiger partial charge in [0.2, 0.25) is 5.91 Å². The van der Waals surface area contributed by atoms with Crippen LogP contribution in [0.1, 0.15) is 24.8 Å². The van der Waals surface area contributed by atoms with Crippen molar-refractivity contribution in [3.8, 4) is 0 Å². The van der Waals surface area contributed by atoms with Gasteiger partial charge in [-0.2, -0.15) is 0 Å². The first kappa shape index (κ1) is 13.6. The average Bonchev–Trinajstić information content (AvgIpc) is 2.22. The van der Waals surface area contributed by atoms with Gasteiger partial charge in [-0.3, -0.25) is 4.79 Å². The van der Waals surface area contributed by atoms with E-state index in [0.29, 0.717) is 17.4 Å². The third kappa shape index (κ3) is 2.32.